The Morgan fingerprint density at radius 3 is 2.71 bits per heavy atom. The largest absolute Gasteiger partial charge is 0.489 e. The van der Waals surface area contributed by atoms with E-state index < -0.39 is 0 Å². The predicted octanol–water partition coefficient (Wildman–Crippen LogP) is 4.66. The molecule has 1 N–H and O–H groups in total. The van der Waals surface area contributed by atoms with Crippen LogP contribution in [0.15, 0.2) is 65.2 Å². The first-order chi connectivity index (χ1) is 10.1. The summed E-state index contributed by atoms with van der Waals surface area (Å²) >= 11 is 3.37. The van der Waals surface area contributed by atoms with Gasteiger partial charge in [0.15, 0.2) is 0 Å². The van der Waals surface area contributed by atoms with Crippen LogP contribution in [0.25, 0.3) is 0 Å². The Bertz CT molecular complexity index is 667. The number of benzene rings is 2. The number of carbonyl (C=O) groups is 1. The number of halogens is 1. The summed E-state index contributed by atoms with van der Waals surface area (Å²) in [7, 11) is 0. The second kappa shape index (κ2) is 7.09. The fraction of sp³-hybridized carbons (Fsp3) is 0.118. The molecule has 0 fully saturated rings. The highest BCUT2D eigenvalue weighted by Crippen LogP contribution is 2.21. The molecule has 0 aliphatic rings. The van der Waals surface area contributed by atoms with E-state index in [1.165, 1.54) is 0 Å². The fourth-order valence-corrected chi connectivity index (χ4v) is 2.18. The fourth-order valence-electron chi connectivity index (χ4n) is 1.71. The molecule has 0 bridgehead atoms. The Balaban J connectivity index is 2.09. The van der Waals surface area contributed by atoms with Crippen molar-refractivity contribution in [1.29, 1.82) is 0 Å². The Labute approximate surface area is 132 Å². The zero-order chi connectivity index (χ0) is 15.2. The molecule has 1 amide bonds. The van der Waals surface area contributed by atoms with Crippen LogP contribution in [0, 0.1) is 0 Å². The summed E-state index contributed by atoms with van der Waals surface area (Å²) in [6.07, 6.45) is 0. The van der Waals surface area contributed by atoms with Crippen LogP contribution < -0.4 is 10.1 Å². The van der Waals surface area contributed by atoms with Crippen molar-refractivity contribution in [2.45, 2.75) is 6.92 Å². The van der Waals surface area contributed by atoms with E-state index >= 15 is 0 Å². The van der Waals surface area contributed by atoms with Gasteiger partial charge in [0, 0.05) is 16.2 Å². The minimum atomic E-state index is -0.167. The van der Waals surface area contributed by atoms with Gasteiger partial charge in [-0.2, -0.15) is 0 Å². The molecular formula is C17H16BrNO2. The summed E-state index contributed by atoms with van der Waals surface area (Å²) in [5, 5.41) is 2.86. The monoisotopic (exact) mass is 345 g/mol. The molecule has 0 aliphatic carbocycles. The highest BCUT2D eigenvalue weighted by atomic mass is 79.9. The van der Waals surface area contributed by atoms with E-state index in [2.05, 4.69) is 27.8 Å². The molecule has 3 nitrogen and oxygen atoms in total. The molecule has 0 unspecified atom stereocenters. The van der Waals surface area contributed by atoms with Crippen LogP contribution in [-0.4, -0.2) is 12.5 Å². The third-order valence-electron chi connectivity index (χ3n) is 2.70. The molecule has 0 aromatic heterocycles. The van der Waals surface area contributed by atoms with Gasteiger partial charge in [0.2, 0.25) is 0 Å². The van der Waals surface area contributed by atoms with Gasteiger partial charge >= 0.3 is 0 Å². The third kappa shape index (κ3) is 4.46. The molecular weight excluding hydrogens is 330 g/mol. The molecule has 2 aromatic rings. The van der Waals surface area contributed by atoms with E-state index in [1.807, 2.05) is 43.3 Å². The van der Waals surface area contributed by atoms with Gasteiger partial charge in [-0.1, -0.05) is 24.8 Å². The van der Waals surface area contributed by atoms with Gasteiger partial charge in [-0.25, -0.2) is 0 Å². The number of carbonyl (C=O) groups excluding carboxylic acids is 1. The van der Waals surface area contributed by atoms with Crippen LogP contribution >= 0.6 is 15.9 Å². The standard InChI is InChI=1S/C17H16BrNO2/c1-12(2)11-21-14-7-5-6-13(10-14)19-17(20)15-8-3-4-9-16(15)18/h3-10H,1,11H2,2H3,(H,19,20). The summed E-state index contributed by atoms with van der Waals surface area (Å²) in [5.41, 5.74) is 2.22. The maximum absolute atomic E-state index is 12.2. The van der Waals surface area contributed by atoms with Crippen molar-refractivity contribution in [3.63, 3.8) is 0 Å². The molecule has 0 spiro atoms. The molecule has 21 heavy (non-hydrogen) atoms. The summed E-state index contributed by atoms with van der Waals surface area (Å²) in [6.45, 7) is 6.15. The van der Waals surface area contributed by atoms with E-state index in [0.717, 1.165) is 10.0 Å². The SMILES string of the molecule is C=C(C)COc1cccc(NC(=O)c2ccccc2Br)c1. The molecule has 0 atom stereocenters. The maximum atomic E-state index is 12.2. The van der Waals surface area contributed by atoms with Gasteiger partial charge < -0.3 is 10.1 Å². The van der Waals surface area contributed by atoms with Crippen molar-refractivity contribution in [1.82, 2.24) is 0 Å². The quantitative estimate of drug-likeness (QED) is 0.800. The van der Waals surface area contributed by atoms with Gasteiger partial charge in [-0.15, -0.1) is 0 Å². The molecule has 0 saturated carbocycles. The first-order valence-electron chi connectivity index (χ1n) is 6.49. The lowest BCUT2D eigenvalue weighted by molar-refractivity contribution is 0.102. The van der Waals surface area contributed by atoms with E-state index in [4.69, 9.17) is 4.74 Å². The summed E-state index contributed by atoms with van der Waals surface area (Å²) in [5.74, 6) is 0.530. The molecule has 0 radical (unpaired) electrons. The van der Waals surface area contributed by atoms with E-state index in [-0.39, 0.29) is 5.91 Å². The van der Waals surface area contributed by atoms with Crippen molar-refractivity contribution in [3.8, 4) is 5.75 Å². The summed E-state index contributed by atoms with van der Waals surface area (Å²) < 4.78 is 6.32. The lowest BCUT2D eigenvalue weighted by atomic mass is 10.2. The zero-order valence-electron chi connectivity index (χ0n) is 11.7. The molecule has 108 valence electrons. The Kier molecular flexibility index (Phi) is 5.17. The van der Waals surface area contributed by atoms with Gasteiger partial charge in [-0.3, -0.25) is 4.79 Å². The van der Waals surface area contributed by atoms with E-state index in [0.29, 0.717) is 23.6 Å². The highest BCUT2D eigenvalue weighted by molar-refractivity contribution is 9.10. The Hall–Kier alpha value is -2.07. The van der Waals surface area contributed by atoms with Crippen molar-refractivity contribution >= 4 is 27.5 Å². The topological polar surface area (TPSA) is 38.3 Å². The lowest BCUT2D eigenvalue weighted by Gasteiger charge is -2.10. The second-order valence-electron chi connectivity index (χ2n) is 4.71. The molecule has 0 heterocycles. The molecule has 0 saturated heterocycles. The van der Waals surface area contributed by atoms with E-state index in [9.17, 15) is 4.79 Å². The molecule has 2 rings (SSSR count). The number of anilines is 1. The maximum Gasteiger partial charge on any atom is 0.256 e. The van der Waals surface area contributed by atoms with Gasteiger partial charge in [0.05, 0.1) is 5.56 Å². The van der Waals surface area contributed by atoms with E-state index in [1.54, 1.807) is 12.1 Å². The number of ether oxygens (including phenoxy) is 1. The van der Waals surface area contributed by atoms with Gasteiger partial charge in [0.25, 0.3) is 5.91 Å². The average Bonchev–Trinajstić information content (AvgIpc) is 2.46. The second-order valence-corrected chi connectivity index (χ2v) is 5.56. The van der Waals surface area contributed by atoms with Crippen LogP contribution in [0.3, 0.4) is 0 Å². The van der Waals surface area contributed by atoms with Crippen molar-refractivity contribution in [3.05, 3.63) is 70.7 Å². The summed E-state index contributed by atoms with van der Waals surface area (Å²) in [6, 6.07) is 14.6. The molecule has 4 heteroatoms. The van der Waals surface area contributed by atoms with Gasteiger partial charge in [-0.05, 0) is 52.7 Å². The number of nitrogens with one attached hydrogen (secondary N) is 1. The Morgan fingerprint density at radius 2 is 2.00 bits per heavy atom. The van der Waals surface area contributed by atoms with Gasteiger partial charge in [0.1, 0.15) is 12.4 Å². The number of rotatable bonds is 5. The van der Waals surface area contributed by atoms with Crippen molar-refractivity contribution in [2.75, 3.05) is 11.9 Å². The van der Waals surface area contributed by atoms with Crippen molar-refractivity contribution < 1.29 is 9.53 Å². The highest BCUT2D eigenvalue weighted by Gasteiger charge is 2.09. The number of hydrogen-bond acceptors (Lipinski definition) is 2. The minimum Gasteiger partial charge on any atom is -0.489 e. The average molecular weight is 346 g/mol. The van der Waals surface area contributed by atoms with Crippen molar-refractivity contribution in [2.24, 2.45) is 0 Å². The van der Waals surface area contributed by atoms with Crippen LogP contribution in [-0.2, 0) is 0 Å². The van der Waals surface area contributed by atoms with Crippen LogP contribution in [0.1, 0.15) is 17.3 Å². The Morgan fingerprint density at radius 1 is 1.24 bits per heavy atom. The zero-order valence-corrected chi connectivity index (χ0v) is 13.3. The first kappa shape index (κ1) is 15.3. The van der Waals surface area contributed by atoms with Crippen LogP contribution in [0.5, 0.6) is 5.75 Å². The summed E-state index contributed by atoms with van der Waals surface area (Å²) in [4.78, 5) is 12.2. The molecule has 0 aliphatic heterocycles. The normalized spacial score (nSPS) is 10.0. The molecule has 2 aromatic carbocycles. The van der Waals surface area contributed by atoms with Crippen LogP contribution in [0.4, 0.5) is 5.69 Å². The smallest absolute Gasteiger partial charge is 0.256 e. The first-order valence-corrected chi connectivity index (χ1v) is 7.28. The van der Waals surface area contributed by atoms with Crippen LogP contribution in [0.2, 0.25) is 0 Å². The number of amides is 1. The lowest BCUT2D eigenvalue weighted by Crippen LogP contribution is -2.12. The third-order valence-corrected chi connectivity index (χ3v) is 3.39. The minimum absolute atomic E-state index is 0.167. The predicted molar refractivity (Wildman–Crippen MR) is 88.8 cm³/mol. The number of hydrogen-bond donors (Lipinski definition) is 1.